The van der Waals surface area contributed by atoms with Crippen molar-refractivity contribution in [2.45, 2.75) is 79.1 Å². The van der Waals surface area contributed by atoms with E-state index in [-0.39, 0.29) is 29.3 Å². The number of halogens is 1. The molecule has 4 rings (SSSR count). The number of nitrogens with two attached hydrogens (primary N) is 1. The van der Waals surface area contributed by atoms with Crippen molar-refractivity contribution in [3.05, 3.63) is 61.7 Å². The van der Waals surface area contributed by atoms with Crippen molar-refractivity contribution in [2.75, 3.05) is 0 Å². The molecule has 0 unspecified atom stereocenters. The molecule has 178 valence electrons. The van der Waals surface area contributed by atoms with Crippen LogP contribution in [0.25, 0.3) is 22.3 Å². The smallest absolute Gasteiger partial charge is 0.254 e. The molecule has 0 fully saturated rings. The number of rotatable bonds is 4. The summed E-state index contributed by atoms with van der Waals surface area (Å²) in [5, 5.41) is 21.3. The number of aliphatic hydroxyl groups excluding tert-OH is 1. The quantitative estimate of drug-likeness (QED) is 0.435. The Bertz CT molecular complexity index is 1260. The number of nitrogens with zero attached hydrogens (tertiary/aromatic N) is 1. The summed E-state index contributed by atoms with van der Waals surface area (Å²) < 4.78 is 14.6. The Morgan fingerprint density at radius 2 is 1.94 bits per heavy atom. The Hall–Kier alpha value is -2.61. The lowest BCUT2D eigenvalue weighted by Crippen LogP contribution is -2.38. The number of aromatic nitrogens is 2. The summed E-state index contributed by atoms with van der Waals surface area (Å²) in [7, 11) is 0. The molecular weight excluding hydrogens is 421 g/mol. The number of pyridine rings is 2. The van der Waals surface area contributed by atoms with Gasteiger partial charge in [0, 0.05) is 17.0 Å². The molecule has 33 heavy (non-hydrogen) atoms. The van der Waals surface area contributed by atoms with Crippen LogP contribution in [0.15, 0.2) is 16.9 Å². The lowest BCUT2D eigenvalue weighted by molar-refractivity contribution is 0.0371. The first kappa shape index (κ1) is 25.0. The van der Waals surface area contributed by atoms with Crippen molar-refractivity contribution < 1.29 is 14.6 Å². The highest BCUT2D eigenvalue weighted by molar-refractivity contribution is 5.92. The van der Waals surface area contributed by atoms with Gasteiger partial charge in [-0.1, -0.05) is 27.7 Å². The van der Waals surface area contributed by atoms with Gasteiger partial charge in [0.2, 0.25) is 0 Å². The van der Waals surface area contributed by atoms with Gasteiger partial charge in [-0.2, -0.15) is 0 Å². The normalized spacial score (nSPS) is 16.8. The van der Waals surface area contributed by atoms with Crippen LogP contribution in [0.3, 0.4) is 0 Å². The molecule has 0 radical (unpaired) electrons. The van der Waals surface area contributed by atoms with E-state index in [0.29, 0.717) is 22.5 Å². The monoisotopic (exact) mass is 455 g/mol. The molecule has 5 N–H and O–H groups in total. The molecule has 0 bridgehead atoms. The fourth-order valence-corrected chi connectivity index (χ4v) is 4.84. The maximum Gasteiger partial charge on any atom is 0.254 e. The van der Waals surface area contributed by atoms with E-state index in [4.69, 9.17) is 10.7 Å². The Labute approximate surface area is 193 Å². The van der Waals surface area contributed by atoms with Gasteiger partial charge in [-0.15, -0.1) is 0 Å². The Morgan fingerprint density at radius 1 is 1.27 bits per heavy atom. The third kappa shape index (κ3) is 4.09. The van der Waals surface area contributed by atoms with Crippen LogP contribution in [0, 0.1) is 19.7 Å². The molecule has 0 amide bonds. The van der Waals surface area contributed by atoms with Crippen molar-refractivity contribution in [2.24, 2.45) is 5.73 Å². The van der Waals surface area contributed by atoms with Crippen LogP contribution in [0.2, 0.25) is 0 Å². The topological polar surface area (TPSA) is 112 Å². The number of hydrogen-bond acceptors (Lipinski definition) is 5. The molecule has 0 saturated carbocycles. The number of H-pyrrole nitrogens is 1. The molecule has 1 aliphatic rings. The first-order chi connectivity index (χ1) is 15.6. The van der Waals surface area contributed by atoms with Crippen LogP contribution < -0.4 is 11.3 Å². The van der Waals surface area contributed by atoms with Gasteiger partial charge in [0.15, 0.2) is 0 Å². The van der Waals surface area contributed by atoms with E-state index < -0.39 is 17.9 Å². The van der Waals surface area contributed by atoms with Crippen LogP contribution in [0.1, 0.15) is 79.8 Å². The molecule has 1 aromatic carbocycles. The lowest BCUT2D eigenvalue weighted by atomic mass is 9.79. The summed E-state index contributed by atoms with van der Waals surface area (Å²) in [5.74, 6) is -0.0379. The van der Waals surface area contributed by atoms with Crippen LogP contribution in [-0.2, 0) is 18.8 Å². The SMILES string of the molecule is CC.CC[C@](N)(O)c1cc(-c2nc3cc(F)c(C)c4c3c(c2C)[C@@H](C)CC4)[nH]c(=O)c1CO. The standard InChI is InChI=1S/C24H28FN3O3.C2H6/c1-5-24(26,31)16-8-19(28-23(30)15(16)10-29)22-13(4)20-11(2)6-7-14-12(3)17(25)9-18(27-22)21(14)20;1-2/h8-9,11,29,31H,5-7,10,26H2,1-4H3,(H,28,30);1-2H3/t11-,24-;/m0./s1. The van der Waals surface area contributed by atoms with Crippen LogP contribution in [-0.4, -0.2) is 20.2 Å². The molecule has 7 heteroatoms. The van der Waals surface area contributed by atoms with Crippen molar-refractivity contribution in [3.8, 4) is 11.4 Å². The van der Waals surface area contributed by atoms with Crippen molar-refractivity contribution >= 4 is 10.9 Å². The van der Waals surface area contributed by atoms with E-state index in [1.165, 1.54) is 6.07 Å². The second kappa shape index (κ2) is 9.33. The third-order valence-corrected chi connectivity index (χ3v) is 6.77. The molecule has 3 aromatic rings. The van der Waals surface area contributed by atoms with E-state index in [1.807, 2.05) is 20.8 Å². The average molecular weight is 456 g/mol. The highest BCUT2D eigenvalue weighted by Crippen LogP contribution is 2.42. The number of hydrogen-bond donors (Lipinski definition) is 4. The number of aryl methyl sites for hydroxylation is 1. The van der Waals surface area contributed by atoms with Crippen molar-refractivity contribution in [1.82, 2.24) is 9.97 Å². The summed E-state index contributed by atoms with van der Waals surface area (Å²) in [6, 6.07) is 3.02. The van der Waals surface area contributed by atoms with Gasteiger partial charge in [0.05, 0.1) is 29.1 Å². The molecular formula is C26H34FN3O3. The Morgan fingerprint density at radius 3 is 2.55 bits per heavy atom. The molecule has 0 spiro atoms. The van der Waals surface area contributed by atoms with Gasteiger partial charge in [-0.05, 0) is 67.3 Å². The zero-order valence-electron chi connectivity index (χ0n) is 20.3. The first-order valence-electron chi connectivity index (χ1n) is 11.6. The van der Waals surface area contributed by atoms with Gasteiger partial charge in [-0.25, -0.2) is 9.37 Å². The Kier molecular flexibility index (Phi) is 7.07. The predicted molar refractivity (Wildman–Crippen MR) is 130 cm³/mol. The number of nitrogens with one attached hydrogen (secondary N) is 1. The van der Waals surface area contributed by atoms with Crippen LogP contribution in [0.5, 0.6) is 0 Å². The number of aromatic amines is 1. The summed E-state index contributed by atoms with van der Waals surface area (Å²) >= 11 is 0. The van der Waals surface area contributed by atoms with E-state index in [9.17, 15) is 19.4 Å². The van der Waals surface area contributed by atoms with Gasteiger partial charge in [0.25, 0.3) is 5.56 Å². The Balaban J connectivity index is 0.00000149. The minimum atomic E-state index is -1.77. The molecule has 1 aliphatic carbocycles. The van der Waals surface area contributed by atoms with E-state index >= 15 is 0 Å². The summed E-state index contributed by atoms with van der Waals surface area (Å²) in [4.78, 5) is 20.2. The van der Waals surface area contributed by atoms with Crippen LogP contribution in [0.4, 0.5) is 4.39 Å². The van der Waals surface area contributed by atoms with Crippen molar-refractivity contribution in [1.29, 1.82) is 0 Å². The highest BCUT2D eigenvalue weighted by Gasteiger charge is 2.30. The maximum absolute atomic E-state index is 14.6. The molecule has 2 atom stereocenters. The van der Waals surface area contributed by atoms with Gasteiger partial charge in [0.1, 0.15) is 11.5 Å². The molecule has 0 aliphatic heterocycles. The largest absolute Gasteiger partial charge is 0.391 e. The highest BCUT2D eigenvalue weighted by atomic mass is 19.1. The second-order valence-electron chi connectivity index (χ2n) is 8.64. The molecule has 2 heterocycles. The molecule has 0 saturated heterocycles. The number of aliphatic hydroxyl groups is 2. The van der Waals surface area contributed by atoms with Gasteiger partial charge in [-0.3, -0.25) is 10.5 Å². The summed E-state index contributed by atoms with van der Waals surface area (Å²) in [5.41, 5.74) is 9.01. The lowest BCUT2D eigenvalue weighted by Gasteiger charge is -2.28. The van der Waals surface area contributed by atoms with E-state index in [2.05, 4.69) is 11.9 Å². The van der Waals surface area contributed by atoms with Crippen molar-refractivity contribution in [3.63, 3.8) is 0 Å². The molecule has 6 nitrogen and oxygen atoms in total. The average Bonchev–Trinajstić information content (AvgIpc) is 2.80. The van der Waals surface area contributed by atoms with E-state index in [0.717, 1.165) is 34.9 Å². The van der Waals surface area contributed by atoms with Gasteiger partial charge >= 0.3 is 0 Å². The minimum Gasteiger partial charge on any atom is -0.391 e. The predicted octanol–water partition coefficient (Wildman–Crippen LogP) is 4.43. The summed E-state index contributed by atoms with van der Waals surface area (Å²) in [6.45, 7) is 11.0. The zero-order valence-corrected chi connectivity index (χ0v) is 20.3. The fraction of sp³-hybridized carbons (Fsp3) is 0.462. The minimum absolute atomic E-state index is 0.0210. The first-order valence-corrected chi connectivity index (χ1v) is 11.6. The van der Waals surface area contributed by atoms with Crippen LogP contribution >= 0.6 is 0 Å². The third-order valence-electron chi connectivity index (χ3n) is 6.77. The fourth-order valence-electron chi connectivity index (χ4n) is 4.84. The number of benzene rings is 1. The van der Waals surface area contributed by atoms with Gasteiger partial charge < -0.3 is 15.2 Å². The second-order valence-corrected chi connectivity index (χ2v) is 8.64. The van der Waals surface area contributed by atoms with E-state index in [1.54, 1.807) is 19.9 Å². The zero-order chi connectivity index (χ0) is 24.7. The molecule has 2 aromatic heterocycles. The summed E-state index contributed by atoms with van der Waals surface area (Å²) in [6.07, 6.45) is 1.86. The maximum atomic E-state index is 14.6.